The molecule has 0 radical (unpaired) electrons. The molecular formula is C5H5F3O4. The highest BCUT2D eigenvalue weighted by molar-refractivity contribution is 6.28. The van der Waals surface area contributed by atoms with Gasteiger partial charge in [-0.15, -0.1) is 0 Å². The lowest BCUT2D eigenvalue weighted by atomic mass is 10.4. The third kappa shape index (κ3) is 3.22. The zero-order valence-electron chi connectivity index (χ0n) is 5.88. The zero-order valence-corrected chi connectivity index (χ0v) is 5.88. The Hall–Kier alpha value is -1.27. The number of hydrogen-bond acceptors (Lipinski definition) is 3. The van der Waals surface area contributed by atoms with Crippen LogP contribution in [0.5, 0.6) is 0 Å². The van der Waals surface area contributed by atoms with Crippen molar-refractivity contribution in [1.82, 2.24) is 0 Å². The summed E-state index contributed by atoms with van der Waals surface area (Å²) in [6.07, 6.45) is -7.13. The van der Waals surface area contributed by atoms with Crippen LogP contribution in [0.2, 0.25) is 0 Å². The molecule has 0 aromatic carbocycles. The molecular weight excluding hydrogens is 181 g/mol. The van der Waals surface area contributed by atoms with Crippen molar-refractivity contribution >= 4 is 11.9 Å². The van der Waals surface area contributed by atoms with Crippen LogP contribution in [0.1, 0.15) is 6.92 Å². The van der Waals surface area contributed by atoms with Crippen LogP contribution in [-0.4, -0.2) is 29.3 Å². The van der Waals surface area contributed by atoms with Gasteiger partial charge >= 0.3 is 18.1 Å². The molecule has 4 nitrogen and oxygen atoms in total. The van der Waals surface area contributed by atoms with Crippen molar-refractivity contribution in [1.29, 1.82) is 0 Å². The van der Waals surface area contributed by atoms with Crippen LogP contribution >= 0.6 is 0 Å². The lowest BCUT2D eigenvalue weighted by molar-refractivity contribution is -0.217. The molecule has 1 atom stereocenters. The van der Waals surface area contributed by atoms with Crippen molar-refractivity contribution in [3.05, 3.63) is 0 Å². The highest BCUT2D eigenvalue weighted by Crippen LogP contribution is 2.22. The number of aliphatic carboxylic acids is 1. The van der Waals surface area contributed by atoms with E-state index in [4.69, 9.17) is 5.11 Å². The van der Waals surface area contributed by atoms with E-state index in [1.165, 1.54) is 0 Å². The highest BCUT2D eigenvalue weighted by Gasteiger charge is 2.40. The number of carboxylic acid groups (broad SMARTS) is 1. The number of halogens is 3. The molecule has 0 amide bonds. The number of carbonyl (C=O) groups excluding carboxylic acids is 1. The molecule has 0 aliphatic rings. The van der Waals surface area contributed by atoms with Crippen LogP contribution in [0.4, 0.5) is 13.2 Å². The molecule has 0 fully saturated rings. The minimum Gasteiger partial charge on any atom is -0.473 e. The Morgan fingerprint density at radius 2 is 1.83 bits per heavy atom. The normalized spacial score (nSPS) is 13.7. The van der Waals surface area contributed by atoms with Crippen LogP contribution < -0.4 is 0 Å². The topological polar surface area (TPSA) is 63.6 Å². The number of carbonyl (C=O) groups is 2. The first-order valence-electron chi connectivity index (χ1n) is 2.75. The number of esters is 1. The van der Waals surface area contributed by atoms with Crippen LogP contribution in [0.3, 0.4) is 0 Å². The van der Waals surface area contributed by atoms with Gasteiger partial charge in [0.2, 0.25) is 0 Å². The van der Waals surface area contributed by atoms with E-state index in [9.17, 15) is 22.8 Å². The third-order valence-electron chi connectivity index (χ3n) is 0.919. The summed E-state index contributed by atoms with van der Waals surface area (Å²) in [7, 11) is 0. The molecule has 0 saturated heterocycles. The number of carboxylic acids is 1. The van der Waals surface area contributed by atoms with E-state index in [1.807, 2.05) is 0 Å². The van der Waals surface area contributed by atoms with Gasteiger partial charge in [0.25, 0.3) is 0 Å². The number of alkyl halides is 3. The quantitative estimate of drug-likeness (QED) is 0.480. The number of hydrogen-bond donors (Lipinski definition) is 1. The SMILES string of the molecule is CC(OC(=O)C(=O)O)C(F)(F)F. The molecule has 0 saturated carbocycles. The first-order chi connectivity index (χ1) is 5.25. The van der Waals surface area contributed by atoms with Crippen LogP contribution in [0.25, 0.3) is 0 Å². The third-order valence-corrected chi connectivity index (χ3v) is 0.919. The summed E-state index contributed by atoms with van der Waals surface area (Å²) in [6, 6.07) is 0. The molecule has 1 unspecified atom stereocenters. The molecule has 1 N–H and O–H groups in total. The fourth-order valence-electron chi connectivity index (χ4n) is 0.278. The Kier molecular flexibility index (Phi) is 3.06. The largest absolute Gasteiger partial charge is 0.473 e. The van der Waals surface area contributed by atoms with Gasteiger partial charge in [0.15, 0.2) is 6.10 Å². The highest BCUT2D eigenvalue weighted by atomic mass is 19.4. The first-order valence-corrected chi connectivity index (χ1v) is 2.75. The first kappa shape index (κ1) is 10.7. The zero-order chi connectivity index (χ0) is 9.94. The predicted molar refractivity (Wildman–Crippen MR) is 29.2 cm³/mol. The maximum absolute atomic E-state index is 11.6. The molecule has 0 bridgehead atoms. The van der Waals surface area contributed by atoms with Crippen molar-refractivity contribution in [3.8, 4) is 0 Å². The average molecular weight is 186 g/mol. The fraction of sp³-hybridized carbons (Fsp3) is 0.600. The maximum Gasteiger partial charge on any atom is 0.425 e. The minimum atomic E-state index is -4.73. The molecule has 0 aromatic rings. The van der Waals surface area contributed by atoms with Gasteiger partial charge in [0.1, 0.15) is 0 Å². The van der Waals surface area contributed by atoms with E-state index in [0.29, 0.717) is 6.92 Å². The second kappa shape index (κ2) is 3.42. The van der Waals surface area contributed by atoms with E-state index in [0.717, 1.165) is 0 Å². The molecule has 0 aromatic heterocycles. The standard InChI is InChI=1S/C5H5F3O4/c1-2(5(6,7)8)12-4(11)3(9)10/h2H,1H3,(H,9,10). The summed E-state index contributed by atoms with van der Waals surface area (Å²) < 4.78 is 38.3. The van der Waals surface area contributed by atoms with Gasteiger partial charge in [-0.1, -0.05) is 0 Å². The molecule has 0 spiro atoms. The van der Waals surface area contributed by atoms with E-state index in [1.54, 1.807) is 0 Å². The molecule has 0 aliphatic carbocycles. The fourth-order valence-corrected chi connectivity index (χ4v) is 0.278. The Bertz CT molecular complexity index is 197. The van der Waals surface area contributed by atoms with Crippen molar-refractivity contribution in [2.45, 2.75) is 19.2 Å². The van der Waals surface area contributed by atoms with E-state index in [2.05, 4.69) is 4.74 Å². The van der Waals surface area contributed by atoms with Crippen LogP contribution in [-0.2, 0) is 14.3 Å². The van der Waals surface area contributed by atoms with Crippen molar-refractivity contribution < 1.29 is 32.6 Å². The van der Waals surface area contributed by atoms with Crippen molar-refractivity contribution in [3.63, 3.8) is 0 Å². The maximum atomic E-state index is 11.6. The van der Waals surface area contributed by atoms with E-state index in [-0.39, 0.29) is 0 Å². The molecule has 70 valence electrons. The number of rotatable bonds is 1. The Morgan fingerprint density at radius 1 is 1.42 bits per heavy atom. The smallest absolute Gasteiger partial charge is 0.425 e. The van der Waals surface area contributed by atoms with Crippen LogP contribution in [0.15, 0.2) is 0 Å². The summed E-state index contributed by atoms with van der Waals surface area (Å²) in [5.41, 5.74) is 0. The lowest BCUT2D eigenvalue weighted by Gasteiger charge is -2.14. The van der Waals surface area contributed by atoms with Crippen LogP contribution in [0, 0.1) is 0 Å². The van der Waals surface area contributed by atoms with Crippen molar-refractivity contribution in [2.24, 2.45) is 0 Å². The Morgan fingerprint density at radius 3 is 2.08 bits per heavy atom. The van der Waals surface area contributed by atoms with Gasteiger partial charge in [0.05, 0.1) is 0 Å². The van der Waals surface area contributed by atoms with Gasteiger partial charge in [-0.05, 0) is 6.92 Å². The summed E-state index contributed by atoms with van der Waals surface area (Å²) in [5, 5.41) is 7.85. The molecule has 12 heavy (non-hydrogen) atoms. The molecule has 0 rings (SSSR count). The Labute approximate surface area is 64.9 Å². The monoisotopic (exact) mass is 186 g/mol. The van der Waals surface area contributed by atoms with E-state index < -0.39 is 24.2 Å². The summed E-state index contributed by atoms with van der Waals surface area (Å²) in [4.78, 5) is 19.8. The summed E-state index contributed by atoms with van der Waals surface area (Å²) >= 11 is 0. The second-order valence-electron chi connectivity index (χ2n) is 1.89. The molecule has 7 heteroatoms. The second-order valence-corrected chi connectivity index (χ2v) is 1.89. The predicted octanol–water partition coefficient (Wildman–Crippen LogP) is 0.565. The number of ether oxygens (including phenoxy) is 1. The summed E-state index contributed by atoms with van der Waals surface area (Å²) in [5.74, 6) is -3.97. The van der Waals surface area contributed by atoms with Gasteiger partial charge < -0.3 is 9.84 Å². The van der Waals surface area contributed by atoms with Gasteiger partial charge in [-0.2, -0.15) is 13.2 Å². The lowest BCUT2D eigenvalue weighted by Crippen LogP contribution is -2.33. The van der Waals surface area contributed by atoms with Gasteiger partial charge in [-0.3, -0.25) is 0 Å². The average Bonchev–Trinajstić information content (AvgIpc) is 1.85. The van der Waals surface area contributed by atoms with Gasteiger partial charge in [-0.25, -0.2) is 9.59 Å². The molecule has 0 heterocycles. The Balaban J connectivity index is 4.11. The van der Waals surface area contributed by atoms with E-state index >= 15 is 0 Å². The molecule has 0 aliphatic heterocycles. The minimum absolute atomic E-state index is 0.542. The van der Waals surface area contributed by atoms with Gasteiger partial charge in [0, 0.05) is 0 Å². The van der Waals surface area contributed by atoms with Crippen molar-refractivity contribution in [2.75, 3.05) is 0 Å². The summed E-state index contributed by atoms with van der Waals surface area (Å²) in [6.45, 7) is 0.542.